The number of nitrogens with one attached hydrogen (secondary N) is 1. The van der Waals surface area contributed by atoms with Crippen molar-refractivity contribution in [3.63, 3.8) is 0 Å². The van der Waals surface area contributed by atoms with E-state index in [0.717, 1.165) is 29.0 Å². The van der Waals surface area contributed by atoms with Crippen LogP contribution in [0.2, 0.25) is 0 Å². The Hall–Kier alpha value is -3.81. The van der Waals surface area contributed by atoms with Gasteiger partial charge in [0.05, 0.1) is 5.69 Å². The molecule has 0 aliphatic heterocycles. The molecule has 0 aliphatic carbocycles. The Morgan fingerprint density at radius 3 is 2.53 bits per heavy atom. The first-order valence-corrected chi connectivity index (χ1v) is 10.2. The van der Waals surface area contributed by atoms with E-state index in [1.807, 2.05) is 55.8 Å². The van der Waals surface area contributed by atoms with Crippen LogP contribution < -0.4 is 10.9 Å². The monoisotopic (exact) mass is 436 g/mol. The third-order valence-corrected chi connectivity index (χ3v) is 5.65. The predicted molar refractivity (Wildman–Crippen MR) is 119 cm³/mol. The fourth-order valence-electron chi connectivity index (χ4n) is 3.73. The molecule has 0 saturated carbocycles. The van der Waals surface area contributed by atoms with E-state index in [1.165, 1.54) is 10.6 Å². The number of aryl methyl sites for hydroxylation is 2. The minimum absolute atomic E-state index is 0.00645. The summed E-state index contributed by atoms with van der Waals surface area (Å²) in [5.74, 6) is -2.43. The summed E-state index contributed by atoms with van der Waals surface area (Å²) in [4.78, 5) is 25.5. The zero-order chi connectivity index (χ0) is 23.0. The third-order valence-electron chi connectivity index (χ3n) is 5.65. The van der Waals surface area contributed by atoms with Crippen LogP contribution in [-0.2, 0) is 18.3 Å². The van der Waals surface area contributed by atoms with Crippen molar-refractivity contribution in [2.24, 2.45) is 7.05 Å². The number of rotatable bonds is 5. The molecule has 0 unspecified atom stereocenters. The number of hydrogen-bond acceptors (Lipinski definition) is 3. The van der Waals surface area contributed by atoms with Crippen molar-refractivity contribution in [3.8, 4) is 11.3 Å². The molecule has 1 amide bonds. The highest BCUT2D eigenvalue weighted by Crippen LogP contribution is 2.23. The van der Waals surface area contributed by atoms with Crippen molar-refractivity contribution in [1.82, 2.24) is 14.2 Å². The lowest BCUT2D eigenvalue weighted by Crippen LogP contribution is -2.26. The first-order chi connectivity index (χ1) is 15.3. The average Bonchev–Trinajstić information content (AvgIpc) is 3.21. The fourth-order valence-corrected chi connectivity index (χ4v) is 3.73. The van der Waals surface area contributed by atoms with E-state index in [4.69, 9.17) is 0 Å². The highest BCUT2D eigenvalue weighted by molar-refractivity contribution is 5.90. The Morgan fingerprint density at radius 2 is 1.81 bits per heavy atom. The van der Waals surface area contributed by atoms with Crippen molar-refractivity contribution >= 4 is 17.2 Å². The number of carbonyl (C=O) groups excluding carboxylic acids is 1. The highest BCUT2D eigenvalue weighted by atomic mass is 19.2. The molecule has 4 rings (SSSR count). The van der Waals surface area contributed by atoms with Crippen LogP contribution in [0.5, 0.6) is 0 Å². The maximum Gasteiger partial charge on any atom is 0.277 e. The van der Waals surface area contributed by atoms with Gasteiger partial charge in [0.1, 0.15) is 5.65 Å². The highest BCUT2D eigenvalue weighted by Gasteiger charge is 2.17. The molecule has 8 heteroatoms. The molecule has 0 bridgehead atoms. The number of aromatic nitrogens is 3. The van der Waals surface area contributed by atoms with Gasteiger partial charge in [0.15, 0.2) is 11.6 Å². The smallest absolute Gasteiger partial charge is 0.277 e. The van der Waals surface area contributed by atoms with Crippen LogP contribution in [-0.4, -0.2) is 20.1 Å². The van der Waals surface area contributed by atoms with Crippen molar-refractivity contribution in [2.75, 3.05) is 5.32 Å². The molecule has 0 spiro atoms. The normalized spacial score (nSPS) is 11.2. The number of carbonyl (C=O) groups is 1. The molecule has 2 heterocycles. The molecule has 0 radical (unpaired) electrons. The summed E-state index contributed by atoms with van der Waals surface area (Å²) in [6.45, 7) is 3.81. The van der Waals surface area contributed by atoms with Gasteiger partial charge in [0.2, 0.25) is 5.91 Å². The van der Waals surface area contributed by atoms with Gasteiger partial charge in [-0.25, -0.2) is 8.78 Å². The van der Waals surface area contributed by atoms with Crippen LogP contribution in [0, 0.1) is 25.5 Å². The Labute approximate surface area is 183 Å². The lowest BCUT2D eigenvalue weighted by molar-refractivity contribution is -0.116. The first-order valence-electron chi connectivity index (χ1n) is 10.2. The minimum atomic E-state index is -1.04. The number of anilines is 1. The van der Waals surface area contributed by atoms with E-state index in [0.29, 0.717) is 16.9 Å². The predicted octanol–water partition coefficient (Wildman–Crippen LogP) is 4.17. The van der Waals surface area contributed by atoms with Crippen LogP contribution in [0.25, 0.3) is 16.9 Å². The quantitative estimate of drug-likeness (QED) is 0.511. The number of benzene rings is 2. The minimum Gasteiger partial charge on any atom is -0.333 e. The van der Waals surface area contributed by atoms with Gasteiger partial charge in [0.25, 0.3) is 5.56 Å². The molecule has 0 saturated heterocycles. The van der Waals surface area contributed by atoms with E-state index in [2.05, 4.69) is 10.4 Å². The molecular formula is C24H22F2N4O2. The number of nitrogens with zero attached hydrogens (tertiary/aromatic N) is 3. The van der Waals surface area contributed by atoms with E-state index >= 15 is 0 Å². The van der Waals surface area contributed by atoms with Crippen LogP contribution in [0.15, 0.2) is 53.3 Å². The van der Waals surface area contributed by atoms with Gasteiger partial charge in [-0.2, -0.15) is 9.61 Å². The Kier molecular flexibility index (Phi) is 5.61. The lowest BCUT2D eigenvalue weighted by Gasteiger charge is -2.12. The molecular weight excluding hydrogens is 414 g/mol. The fraction of sp³-hybridized carbons (Fsp3) is 0.208. The second-order valence-corrected chi connectivity index (χ2v) is 7.72. The largest absolute Gasteiger partial charge is 0.333 e. The number of fused-ring (bicyclic) bond motifs is 1. The molecule has 0 atom stereocenters. The summed E-state index contributed by atoms with van der Waals surface area (Å²) < 4.78 is 29.6. The maximum absolute atomic E-state index is 13.3. The summed E-state index contributed by atoms with van der Waals surface area (Å²) in [6, 6.07) is 12.8. The van der Waals surface area contributed by atoms with E-state index in [9.17, 15) is 18.4 Å². The van der Waals surface area contributed by atoms with E-state index in [1.54, 1.807) is 0 Å². The maximum atomic E-state index is 13.3. The summed E-state index contributed by atoms with van der Waals surface area (Å²) in [7, 11) is 1.85. The Balaban J connectivity index is 1.61. The SMILES string of the molecule is Cc1ccccc1-c1cc2n(C)c(C)c(CCC(=O)Nc3ccc(F)c(F)c3)c(=O)n2n1. The van der Waals surface area contributed by atoms with Gasteiger partial charge in [0, 0.05) is 48.1 Å². The molecule has 164 valence electrons. The van der Waals surface area contributed by atoms with Gasteiger partial charge in [-0.15, -0.1) is 0 Å². The van der Waals surface area contributed by atoms with Gasteiger partial charge >= 0.3 is 0 Å². The van der Waals surface area contributed by atoms with Crippen LogP contribution in [0.3, 0.4) is 0 Å². The van der Waals surface area contributed by atoms with E-state index in [-0.39, 0.29) is 24.1 Å². The molecule has 6 nitrogen and oxygen atoms in total. The van der Waals surface area contributed by atoms with Gasteiger partial charge in [-0.05, 0) is 38.0 Å². The van der Waals surface area contributed by atoms with Crippen molar-refractivity contribution in [2.45, 2.75) is 26.7 Å². The van der Waals surface area contributed by atoms with E-state index < -0.39 is 17.5 Å². The standard InChI is InChI=1S/C24H22F2N4O2/c1-14-6-4-5-7-17(14)21-13-23-29(3)15(2)18(24(32)30(23)28-21)9-11-22(31)27-16-8-10-19(25)20(26)12-16/h4-8,10,12-13H,9,11H2,1-3H3,(H,27,31). The molecule has 0 aliphatic rings. The summed E-state index contributed by atoms with van der Waals surface area (Å²) >= 11 is 0. The van der Waals surface area contributed by atoms with Crippen LogP contribution in [0.4, 0.5) is 14.5 Å². The molecule has 32 heavy (non-hydrogen) atoms. The third kappa shape index (κ3) is 3.91. The molecule has 4 aromatic rings. The Morgan fingerprint density at radius 1 is 1.06 bits per heavy atom. The number of halogens is 2. The Bertz CT molecular complexity index is 1410. The topological polar surface area (TPSA) is 68.4 Å². The van der Waals surface area contributed by atoms with Gasteiger partial charge in [-0.1, -0.05) is 24.3 Å². The van der Waals surface area contributed by atoms with Gasteiger partial charge in [-0.3, -0.25) is 9.59 Å². The number of hydrogen-bond donors (Lipinski definition) is 1. The molecule has 2 aromatic heterocycles. The van der Waals surface area contributed by atoms with Crippen molar-refractivity contribution in [1.29, 1.82) is 0 Å². The van der Waals surface area contributed by atoms with Crippen molar-refractivity contribution < 1.29 is 13.6 Å². The summed E-state index contributed by atoms with van der Waals surface area (Å²) in [5.41, 5.74) is 4.43. The van der Waals surface area contributed by atoms with Crippen LogP contribution in [0.1, 0.15) is 23.2 Å². The van der Waals surface area contributed by atoms with Gasteiger partial charge < -0.3 is 9.88 Å². The van der Waals surface area contributed by atoms with Crippen molar-refractivity contribution in [3.05, 3.63) is 87.3 Å². The zero-order valence-corrected chi connectivity index (χ0v) is 17.9. The molecule has 2 aromatic carbocycles. The second-order valence-electron chi connectivity index (χ2n) is 7.72. The zero-order valence-electron chi connectivity index (χ0n) is 17.9. The first kappa shape index (κ1) is 21.4. The molecule has 0 fully saturated rings. The number of amides is 1. The van der Waals surface area contributed by atoms with Crippen LogP contribution >= 0.6 is 0 Å². The molecule has 1 N–H and O–H groups in total. The second kappa shape index (κ2) is 8.37. The average molecular weight is 436 g/mol. The summed E-state index contributed by atoms with van der Waals surface area (Å²) in [6.07, 6.45) is 0.190. The lowest BCUT2D eigenvalue weighted by atomic mass is 10.1. The summed E-state index contributed by atoms with van der Waals surface area (Å²) in [5, 5.41) is 7.05.